The van der Waals surface area contributed by atoms with Gasteiger partial charge in [-0.25, -0.2) is 0 Å². The third kappa shape index (κ3) is 64.5. The summed E-state index contributed by atoms with van der Waals surface area (Å²) in [5.41, 5.74) is 0. The molecule has 0 rings (SSSR count). The van der Waals surface area contributed by atoms with E-state index < -0.39 is 6.10 Å². The number of carbonyl (C=O) groups excluding carboxylic acids is 3. The van der Waals surface area contributed by atoms with Crippen LogP contribution in [0.2, 0.25) is 0 Å². The van der Waals surface area contributed by atoms with Crippen molar-refractivity contribution in [2.45, 2.75) is 309 Å². The van der Waals surface area contributed by atoms with Crippen molar-refractivity contribution in [2.75, 3.05) is 13.2 Å². The molecule has 0 aromatic heterocycles. The Labute approximate surface area is 488 Å². The monoisotopic (exact) mass is 1090 g/mol. The molecule has 0 radical (unpaired) electrons. The largest absolute Gasteiger partial charge is 0.462 e. The highest BCUT2D eigenvalue weighted by Crippen LogP contribution is 2.16. The van der Waals surface area contributed by atoms with Gasteiger partial charge < -0.3 is 14.2 Å². The molecule has 1 unspecified atom stereocenters. The number of rotatable bonds is 59. The van der Waals surface area contributed by atoms with Crippen LogP contribution in [0.3, 0.4) is 0 Å². The number of esters is 3. The van der Waals surface area contributed by atoms with Crippen molar-refractivity contribution in [2.24, 2.45) is 0 Å². The predicted octanol–water partition coefficient (Wildman–Crippen LogP) is 22.8. The molecule has 0 spiro atoms. The van der Waals surface area contributed by atoms with Crippen molar-refractivity contribution in [3.63, 3.8) is 0 Å². The molecule has 1 atom stereocenters. The van der Waals surface area contributed by atoms with Crippen LogP contribution in [0.4, 0.5) is 0 Å². The van der Waals surface area contributed by atoms with Crippen LogP contribution in [0.1, 0.15) is 303 Å². The first-order valence-corrected chi connectivity index (χ1v) is 33.0. The lowest BCUT2D eigenvalue weighted by Crippen LogP contribution is -2.30. The molecule has 79 heavy (non-hydrogen) atoms. The fourth-order valence-electron chi connectivity index (χ4n) is 9.05. The zero-order valence-electron chi connectivity index (χ0n) is 51.6. The summed E-state index contributed by atoms with van der Waals surface area (Å²) in [5.74, 6) is -0.959. The Hall–Kier alpha value is -4.19. The van der Waals surface area contributed by atoms with Crippen LogP contribution in [0, 0.1) is 0 Å². The normalized spacial score (nSPS) is 12.9. The third-order valence-electron chi connectivity index (χ3n) is 13.9. The number of hydrogen-bond acceptors (Lipinski definition) is 6. The molecule has 0 aliphatic carbocycles. The fourth-order valence-corrected chi connectivity index (χ4v) is 9.05. The van der Waals surface area contributed by atoms with Crippen LogP contribution in [0.15, 0.2) is 122 Å². The lowest BCUT2D eigenvalue weighted by atomic mass is 10.0. The molecule has 0 bridgehead atoms. The minimum absolute atomic E-state index is 0.103. The van der Waals surface area contributed by atoms with Crippen LogP contribution in [-0.4, -0.2) is 37.2 Å². The smallest absolute Gasteiger partial charge is 0.306 e. The topological polar surface area (TPSA) is 78.9 Å². The molecule has 0 N–H and O–H groups in total. The first kappa shape index (κ1) is 74.8. The molecule has 0 amide bonds. The van der Waals surface area contributed by atoms with E-state index in [1.165, 1.54) is 154 Å². The quantitative estimate of drug-likeness (QED) is 0.0261. The summed E-state index contributed by atoms with van der Waals surface area (Å²) in [5, 5.41) is 0. The number of carbonyl (C=O) groups is 3. The van der Waals surface area contributed by atoms with E-state index in [-0.39, 0.29) is 37.5 Å². The van der Waals surface area contributed by atoms with Gasteiger partial charge in [0, 0.05) is 19.3 Å². The second-order valence-electron chi connectivity index (χ2n) is 21.6. The van der Waals surface area contributed by atoms with Crippen molar-refractivity contribution < 1.29 is 28.6 Å². The molecule has 0 aliphatic rings. The van der Waals surface area contributed by atoms with Crippen molar-refractivity contribution >= 4 is 17.9 Å². The third-order valence-corrected chi connectivity index (χ3v) is 13.9. The maximum atomic E-state index is 12.9. The van der Waals surface area contributed by atoms with Gasteiger partial charge in [-0.2, -0.15) is 0 Å². The Bertz CT molecular complexity index is 1640. The number of allylic oxidation sites excluding steroid dienone is 20. The van der Waals surface area contributed by atoms with Crippen molar-refractivity contribution in [3.05, 3.63) is 122 Å². The molecular formula is C73H122O6. The van der Waals surface area contributed by atoms with Crippen LogP contribution < -0.4 is 0 Å². The zero-order valence-corrected chi connectivity index (χ0v) is 51.6. The minimum atomic E-state index is -0.813. The summed E-state index contributed by atoms with van der Waals surface area (Å²) >= 11 is 0. The summed E-state index contributed by atoms with van der Waals surface area (Å²) in [4.78, 5) is 38.3. The van der Waals surface area contributed by atoms with E-state index in [0.29, 0.717) is 19.3 Å². The number of unbranched alkanes of at least 4 members (excludes halogenated alkanes) is 28. The number of hydrogen-bond donors (Lipinski definition) is 0. The highest BCUT2D eigenvalue weighted by molar-refractivity contribution is 5.71. The van der Waals surface area contributed by atoms with E-state index in [4.69, 9.17) is 14.2 Å². The van der Waals surface area contributed by atoms with Gasteiger partial charge in [-0.15, -0.1) is 0 Å². The number of ether oxygens (including phenoxy) is 3. The summed E-state index contributed by atoms with van der Waals surface area (Å²) < 4.78 is 16.9. The van der Waals surface area contributed by atoms with Crippen LogP contribution in [0.5, 0.6) is 0 Å². The van der Waals surface area contributed by atoms with Gasteiger partial charge >= 0.3 is 17.9 Å². The lowest BCUT2D eigenvalue weighted by molar-refractivity contribution is -0.167. The van der Waals surface area contributed by atoms with Crippen LogP contribution >= 0.6 is 0 Å². The minimum Gasteiger partial charge on any atom is -0.462 e. The fraction of sp³-hybridized carbons (Fsp3) is 0.685. The second kappa shape index (κ2) is 66.3. The van der Waals surface area contributed by atoms with Gasteiger partial charge in [0.2, 0.25) is 0 Å². The van der Waals surface area contributed by atoms with Crippen molar-refractivity contribution in [1.29, 1.82) is 0 Å². The predicted molar refractivity (Wildman–Crippen MR) is 343 cm³/mol. The maximum Gasteiger partial charge on any atom is 0.306 e. The van der Waals surface area contributed by atoms with Crippen LogP contribution in [0.25, 0.3) is 0 Å². The molecule has 0 saturated carbocycles. The molecule has 0 heterocycles. The first-order valence-electron chi connectivity index (χ1n) is 33.0. The Morgan fingerprint density at radius 2 is 0.506 bits per heavy atom. The lowest BCUT2D eigenvalue weighted by Gasteiger charge is -2.18. The molecule has 6 nitrogen and oxygen atoms in total. The first-order chi connectivity index (χ1) is 39.0. The standard InChI is InChI=1S/C73H122O6/c1-4-7-10-13-16-19-22-25-28-31-32-33-34-35-36-37-38-39-40-43-45-48-51-54-57-60-63-66-72(75)78-69-70(79-73(76)67-64-61-58-55-52-49-46-42-30-27-24-21-18-15-12-9-6-3)68-77-71(74)65-62-59-56-53-50-47-44-41-29-26-23-20-17-14-11-8-5-2/h7,9-10,12,16,18-19,21,25-30,32-33,46,49,55,58,70H,4-6,8,11,13-15,17,20,22-24,31,34-45,47-48,50-54,56-57,59-69H2,1-3H3/b10-7-,12-9-,19-16-,21-18-,28-25-,29-26-,30-27-,33-32-,49-46-,58-55-. The van der Waals surface area contributed by atoms with Crippen molar-refractivity contribution in [1.82, 2.24) is 0 Å². The zero-order chi connectivity index (χ0) is 57.1. The molecule has 0 aliphatic heterocycles. The average molecular weight is 1100 g/mol. The summed E-state index contributed by atoms with van der Waals surface area (Å²) in [6.45, 7) is 6.38. The maximum absolute atomic E-state index is 12.9. The highest BCUT2D eigenvalue weighted by atomic mass is 16.6. The van der Waals surface area contributed by atoms with E-state index in [1.54, 1.807) is 0 Å². The molecule has 0 saturated heterocycles. The van der Waals surface area contributed by atoms with Gasteiger partial charge in [-0.05, 0) is 122 Å². The molecule has 0 fully saturated rings. The Morgan fingerprint density at radius 3 is 0.823 bits per heavy atom. The summed E-state index contributed by atoms with van der Waals surface area (Å²) in [6.07, 6.45) is 92.2. The van der Waals surface area contributed by atoms with E-state index in [1.807, 2.05) is 0 Å². The summed E-state index contributed by atoms with van der Waals surface area (Å²) in [7, 11) is 0. The van der Waals surface area contributed by atoms with Gasteiger partial charge in [-0.3, -0.25) is 14.4 Å². The van der Waals surface area contributed by atoms with Gasteiger partial charge in [0.25, 0.3) is 0 Å². The van der Waals surface area contributed by atoms with Gasteiger partial charge in [-0.1, -0.05) is 284 Å². The Balaban J connectivity index is 4.38. The molecule has 0 aromatic carbocycles. The molecule has 6 heteroatoms. The SMILES string of the molecule is CC/C=C\C/C=C\C/C=C\C/C=C\C/C=C\CCCC(=O)OC(COC(=O)CCCCCCCCC/C=C\CCCCCCCC)COC(=O)CCCCCCCCCCCCCCCC/C=C\C/C=C\C/C=C\C/C=C\CC. The highest BCUT2D eigenvalue weighted by Gasteiger charge is 2.19. The van der Waals surface area contributed by atoms with Gasteiger partial charge in [0.05, 0.1) is 0 Å². The average Bonchev–Trinajstić information content (AvgIpc) is 3.45. The van der Waals surface area contributed by atoms with E-state index in [2.05, 4.69) is 142 Å². The summed E-state index contributed by atoms with van der Waals surface area (Å²) in [6, 6.07) is 0. The van der Waals surface area contributed by atoms with Gasteiger partial charge in [0.15, 0.2) is 6.10 Å². The van der Waals surface area contributed by atoms with Crippen LogP contribution in [-0.2, 0) is 28.6 Å². The second-order valence-corrected chi connectivity index (χ2v) is 21.6. The van der Waals surface area contributed by atoms with Gasteiger partial charge in [0.1, 0.15) is 13.2 Å². The molecule has 450 valence electrons. The van der Waals surface area contributed by atoms with E-state index in [9.17, 15) is 14.4 Å². The van der Waals surface area contributed by atoms with Crippen molar-refractivity contribution in [3.8, 4) is 0 Å². The van der Waals surface area contributed by atoms with E-state index in [0.717, 1.165) is 103 Å². The molecular weight excluding hydrogens is 973 g/mol. The molecule has 0 aromatic rings. The Kier molecular flexibility index (Phi) is 62.8. The van der Waals surface area contributed by atoms with E-state index >= 15 is 0 Å². The Morgan fingerprint density at radius 1 is 0.266 bits per heavy atom.